The molecule has 1 saturated heterocycles. The van der Waals surface area contributed by atoms with E-state index in [1.165, 1.54) is 10.9 Å². The second-order valence-corrected chi connectivity index (χ2v) is 7.76. The van der Waals surface area contributed by atoms with Crippen molar-refractivity contribution in [1.82, 2.24) is 24.8 Å². The van der Waals surface area contributed by atoms with Crippen LogP contribution in [0.2, 0.25) is 0 Å². The quantitative estimate of drug-likeness (QED) is 0.672. The zero-order valence-corrected chi connectivity index (χ0v) is 17.1. The summed E-state index contributed by atoms with van der Waals surface area (Å²) in [5.41, 5.74) is 3.49. The molecule has 152 valence electrons. The Morgan fingerprint density at radius 2 is 2.03 bits per heavy atom. The number of aromatic nitrogens is 3. The highest BCUT2D eigenvalue weighted by atomic mass is 16.1. The number of hydrogen-bond acceptors (Lipinski definition) is 4. The van der Waals surface area contributed by atoms with Gasteiger partial charge in [0.15, 0.2) is 0 Å². The number of nitrogens with one attached hydrogen (secondary N) is 1. The van der Waals surface area contributed by atoms with E-state index in [2.05, 4.69) is 43.9 Å². The predicted octanol–water partition coefficient (Wildman–Crippen LogP) is 3.02. The standard InChI is InChI=1S/C23H29N5O/c1-2-28-17-20(21-6-4-11-25-22(21)28)9-14-27-12-7-19(8-13-27)23(29)26-16-18-5-3-10-24-15-18/h3-6,10-11,15,17,19H,2,7-9,12-14,16H2,1H3,(H,26,29). The molecule has 6 nitrogen and oxygen atoms in total. The largest absolute Gasteiger partial charge is 0.352 e. The summed E-state index contributed by atoms with van der Waals surface area (Å²) in [5, 5.41) is 4.33. The van der Waals surface area contributed by atoms with Gasteiger partial charge in [0.1, 0.15) is 5.65 Å². The molecule has 1 fully saturated rings. The van der Waals surface area contributed by atoms with Crippen molar-refractivity contribution in [2.24, 2.45) is 5.92 Å². The molecule has 0 aromatic carbocycles. The molecule has 29 heavy (non-hydrogen) atoms. The Morgan fingerprint density at radius 3 is 2.79 bits per heavy atom. The van der Waals surface area contributed by atoms with E-state index in [1.807, 2.05) is 24.4 Å². The Kier molecular flexibility index (Phi) is 6.20. The smallest absolute Gasteiger partial charge is 0.223 e. The lowest BCUT2D eigenvalue weighted by Crippen LogP contribution is -2.41. The van der Waals surface area contributed by atoms with Gasteiger partial charge in [-0.1, -0.05) is 6.07 Å². The molecular formula is C23H29N5O. The third-order valence-electron chi connectivity index (χ3n) is 5.90. The molecule has 0 atom stereocenters. The maximum atomic E-state index is 12.5. The van der Waals surface area contributed by atoms with Gasteiger partial charge >= 0.3 is 0 Å². The lowest BCUT2D eigenvalue weighted by atomic mass is 9.95. The molecule has 4 rings (SSSR count). The predicted molar refractivity (Wildman–Crippen MR) is 114 cm³/mol. The summed E-state index contributed by atoms with van der Waals surface area (Å²) >= 11 is 0. The van der Waals surface area contributed by atoms with E-state index in [1.54, 1.807) is 12.4 Å². The number of piperidine rings is 1. The highest BCUT2D eigenvalue weighted by molar-refractivity contribution is 5.80. The van der Waals surface area contributed by atoms with E-state index in [4.69, 9.17) is 0 Å². The van der Waals surface area contributed by atoms with Gasteiger partial charge in [-0.25, -0.2) is 4.98 Å². The lowest BCUT2D eigenvalue weighted by Gasteiger charge is -2.31. The summed E-state index contributed by atoms with van der Waals surface area (Å²) in [4.78, 5) is 23.6. The average molecular weight is 392 g/mol. The number of carbonyl (C=O) groups excluding carboxylic acids is 1. The fraction of sp³-hybridized carbons (Fsp3) is 0.435. The van der Waals surface area contributed by atoms with Crippen LogP contribution in [0, 0.1) is 5.92 Å². The molecule has 3 aromatic rings. The minimum Gasteiger partial charge on any atom is -0.352 e. The third-order valence-corrected chi connectivity index (χ3v) is 5.90. The van der Waals surface area contributed by atoms with E-state index in [0.717, 1.165) is 56.7 Å². The zero-order valence-electron chi connectivity index (χ0n) is 17.1. The molecule has 0 radical (unpaired) electrons. The van der Waals surface area contributed by atoms with Crippen molar-refractivity contribution in [2.75, 3.05) is 19.6 Å². The van der Waals surface area contributed by atoms with Gasteiger partial charge in [-0.05, 0) is 68.6 Å². The summed E-state index contributed by atoms with van der Waals surface area (Å²) < 4.78 is 2.23. The number of rotatable bonds is 7. The Morgan fingerprint density at radius 1 is 1.21 bits per heavy atom. The summed E-state index contributed by atoms with van der Waals surface area (Å²) in [6, 6.07) is 8.07. The Labute approximate surface area is 172 Å². The van der Waals surface area contributed by atoms with Gasteiger partial charge in [0.05, 0.1) is 0 Å². The molecule has 0 unspecified atom stereocenters. The van der Waals surface area contributed by atoms with Crippen molar-refractivity contribution in [3.8, 4) is 0 Å². The van der Waals surface area contributed by atoms with Crippen molar-refractivity contribution >= 4 is 16.9 Å². The van der Waals surface area contributed by atoms with Crippen LogP contribution in [0.1, 0.15) is 30.9 Å². The van der Waals surface area contributed by atoms with Crippen molar-refractivity contribution in [3.05, 3.63) is 60.2 Å². The number of hydrogen-bond donors (Lipinski definition) is 1. The van der Waals surface area contributed by atoms with E-state index < -0.39 is 0 Å². The molecule has 0 aliphatic carbocycles. The first-order valence-electron chi connectivity index (χ1n) is 10.6. The van der Waals surface area contributed by atoms with Gasteiger partial charge < -0.3 is 14.8 Å². The van der Waals surface area contributed by atoms with Crippen LogP contribution in [-0.2, 0) is 24.3 Å². The molecular weight excluding hydrogens is 362 g/mol. The maximum Gasteiger partial charge on any atom is 0.223 e. The van der Waals surface area contributed by atoms with Crippen LogP contribution in [0.5, 0.6) is 0 Å². The lowest BCUT2D eigenvalue weighted by molar-refractivity contribution is -0.126. The van der Waals surface area contributed by atoms with Gasteiger partial charge in [0.2, 0.25) is 5.91 Å². The number of fused-ring (bicyclic) bond motifs is 1. The number of pyridine rings is 2. The van der Waals surface area contributed by atoms with Crippen LogP contribution in [0.15, 0.2) is 49.1 Å². The molecule has 6 heteroatoms. The van der Waals surface area contributed by atoms with Crippen molar-refractivity contribution in [3.63, 3.8) is 0 Å². The Hall–Kier alpha value is -2.73. The second kappa shape index (κ2) is 9.18. The van der Waals surface area contributed by atoms with Crippen LogP contribution in [0.25, 0.3) is 11.0 Å². The molecule has 1 amide bonds. The highest BCUT2D eigenvalue weighted by Gasteiger charge is 2.24. The van der Waals surface area contributed by atoms with Gasteiger partial charge in [0, 0.05) is 55.7 Å². The SMILES string of the molecule is CCn1cc(CCN2CCC(C(=O)NCc3cccnc3)CC2)c2cccnc21. The molecule has 4 heterocycles. The van der Waals surface area contributed by atoms with Crippen LogP contribution in [-0.4, -0.2) is 45.0 Å². The molecule has 1 N–H and O–H groups in total. The molecule has 1 aliphatic rings. The normalized spacial score (nSPS) is 15.6. The van der Waals surface area contributed by atoms with Gasteiger partial charge in [0.25, 0.3) is 0 Å². The van der Waals surface area contributed by atoms with Crippen molar-refractivity contribution in [1.29, 1.82) is 0 Å². The van der Waals surface area contributed by atoms with E-state index in [0.29, 0.717) is 6.54 Å². The summed E-state index contributed by atoms with van der Waals surface area (Å²) in [6.45, 7) is 6.64. The number of nitrogens with zero attached hydrogens (tertiary/aromatic N) is 4. The minimum atomic E-state index is 0.120. The number of likely N-dealkylation sites (tertiary alicyclic amines) is 1. The second-order valence-electron chi connectivity index (χ2n) is 7.76. The van der Waals surface area contributed by atoms with E-state index >= 15 is 0 Å². The zero-order chi connectivity index (χ0) is 20.1. The van der Waals surface area contributed by atoms with Crippen molar-refractivity contribution in [2.45, 2.75) is 39.3 Å². The summed E-state index contributed by atoms with van der Waals surface area (Å²) in [7, 11) is 0. The fourth-order valence-corrected chi connectivity index (χ4v) is 4.17. The Balaban J connectivity index is 1.26. The van der Waals surface area contributed by atoms with Crippen molar-refractivity contribution < 1.29 is 4.79 Å². The van der Waals surface area contributed by atoms with Gasteiger partial charge in [-0.2, -0.15) is 0 Å². The van der Waals surface area contributed by atoms with Crippen LogP contribution >= 0.6 is 0 Å². The fourth-order valence-electron chi connectivity index (χ4n) is 4.17. The number of aryl methyl sites for hydroxylation is 1. The molecule has 0 spiro atoms. The average Bonchev–Trinajstić information content (AvgIpc) is 3.15. The first kappa shape index (κ1) is 19.6. The van der Waals surface area contributed by atoms with E-state index in [9.17, 15) is 4.79 Å². The molecule has 0 saturated carbocycles. The monoisotopic (exact) mass is 391 g/mol. The Bertz CT molecular complexity index is 944. The van der Waals surface area contributed by atoms with Crippen LogP contribution in [0.4, 0.5) is 0 Å². The maximum absolute atomic E-state index is 12.5. The number of carbonyl (C=O) groups is 1. The first-order valence-corrected chi connectivity index (χ1v) is 10.6. The molecule has 3 aromatic heterocycles. The summed E-state index contributed by atoms with van der Waals surface area (Å²) in [6.07, 6.45) is 10.5. The molecule has 1 aliphatic heterocycles. The first-order chi connectivity index (χ1) is 14.2. The topological polar surface area (TPSA) is 63.1 Å². The van der Waals surface area contributed by atoms with Crippen LogP contribution in [0.3, 0.4) is 0 Å². The highest BCUT2D eigenvalue weighted by Crippen LogP contribution is 2.22. The number of amides is 1. The summed E-state index contributed by atoms with van der Waals surface area (Å²) in [5.74, 6) is 0.291. The van der Waals surface area contributed by atoms with Gasteiger partial charge in [-0.3, -0.25) is 9.78 Å². The van der Waals surface area contributed by atoms with Crippen LogP contribution < -0.4 is 5.32 Å². The van der Waals surface area contributed by atoms with Gasteiger partial charge in [-0.15, -0.1) is 0 Å². The minimum absolute atomic E-state index is 0.120. The molecule has 0 bridgehead atoms. The van der Waals surface area contributed by atoms with E-state index in [-0.39, 0.29) is 11.8 Å². The third kappa shape index (κ3) is 4.65.